The molecule has 5 heteroatoms. The molecule has 0 aromatic heterocycles. The van der Waals surface area contributed by atoms with Crippen LogP contribution in [0.15, 0.2) is 54.6 Å². The molecule has 0 aliphatic heterocycles. The molecular weight excluding hydrogens is 258 g/mol. The van der Waals surface area contributed by atoms with E-state index in [1.807, 2.05) is 30.3 Å². The molecule has 0 fully saturated rings. The Bertz CT molecular complexity index is 557. The number of ether oxygens (including phenoxy) is 1. The number of amides is 1. The van der Waals surface area contributed by atoms with Crippen molar-refractivity contribution in [3.8, 4) is 11.5 Å². The van der Waals surface area contributed by atoms with Crippen molar-refractivity contribution in [3.63, 3.8) is 0 Å². The molecule has 5 nitrogen and oxygen atoms in total. The minimum Gasteiger partial charge on any atom is -0.504 e. The molecule has 2 rings (SSSR count). The number of benzene rings is 2. The molecule has 0 saturated heterocycles. The SMILES string of the molecule is O=C(COc1ccccc1O)NOCc1ccccc1. The van der Waals surface area contributed by atoms with Gasteiger partial charge in [-0.3, -0.25) is 9.63 Å². The molecule has 0 aliphatic rings. The molecule has 2 N–H and O–H groups in total. The zero-order valence-electron chi connectivity index (χ0n) is 10.8. The molecular formula is C15H15NO4. The average molecular weight is 273 g/mol. The second-order valence-corrected chi connectivity index (χ2v) is 4.06. The highest BCUT2D eigenvalue weighted by molar-refractivity contribution is 5.76. The lowest BCUT2D eigenvalue weighted by Gasteiger charge is -2.08. The van der Waals surface area contributed by atoms with Crippen LogP contribution in [0, 0.1) is 0 Å². The van der Waals surface area contributed by atoms with E-state index in [0.29, 0.717) is 0 Å². The van der Waals surface area contributed by atoms with Crippen LogP contribution < -0.4 is 10.2 Å². The Morgan fingerprint density at radius 1 is 1.05 bits per heavy atom. The van der Waals surface area contributed by atoms with Gasteiger partial charge in [0.15, 0.2) is 18.1 Å². The monoisotopic (exact) mass is 273 g/mol. The number of phenols is 1. The van der Waals surface area contributed by atoms with Gasteiger partial charge in [0.25, 0.3) is 5.91 Å². The Morgan fingerprint density at radius 3 is 2.50 bits per heavy atom. The Kier molecular flexibility index (Phi) is 4.97. The van der Waals surface area contributed by atoms with E-state index in [2.05, 4.69) is 5.48 Å². The normalized spacial score (nSPS) is 10.0. The minimum atomic E-state index is -0.427. The van der Waals surface area contributed by atoms with Crippen LogP contribution in [0.25, 0.3) is 0 Å². The lowest BCUT2D eigenvalue weighted by Crippen LogP contribution is -2.28. The van der Waals surface area contributed by atoms with E-state index >= 15 is 0 Å². The summed E-state index contributed by atoms with van der Waals surface area (Å²) in [5.41, 5.74) is 3.23. The fraction of sp³-hybridized carbons (Fsp3) is 0.133. The van der Waals surface area contributed by atoms with E-state index in [1.54, 1.807) is 18.2 Å². The largest absolute Gasteiger partial charge is 0.504 e. The van der Waals surface area contributed by atoms with Gasteiger partial charge in [0.1, 0.15) is 0 Å². The summed E-state index contributed by atoms with van der Waals surface area (Å²) in [4.78, 5) is 16.5. The molecule has 2 aromatic rings. The van der Waals surface area contributed by atoms with Crippen LogP contribution >= 0.6 is 0 Å². The molecule has 0 spiro atoms. The molecule has 0 atom stereocenters. The van der Waals surface area contributed by atoms with Crippen LogP contribution in [0.5, 0.6) is 11.5 Å². The first kappa shape index (κ1) is 13.9. The van der Waals surface area contributed by atoms with Gasteiger partial charge in [0, 0.05) is 0 Å². The summed E-state index contributed by atoms with van der Waals surface area (Å²) in [6.45, 7) is 0.0511. The molecule has 1 amide bonds. The zero-order valence-corrected chi connectivity index (χ0v) is 10.8. The first-order valence-corrected chi connectivity index (χ1v) is 6.11. The van der Waals surface area contributed by atoms with Crippen LogP contribution in [0.4, 0.5) is 0 Å². The van der Waals surface area contributed by atoms with Crippen molar-refractivity contribution in [2.24, 2.45) is 0 Å². The second kappa shape index (κ2) is 7.16. The van der Waals surface area contributed by atoms with Crippen LogP contribution in [-0.2, 0) is 16.2 Å². The fourth-order valence-corrected chi connectivity index (χ4v) is 1.53. The predicted molar refractivity (Wildman–Crippen MR) is 73.0 cm³/mol. The van der Waals surface area contributed by atoms with Crippen molar-refractivity contribution in [2.75, 3.05) is 6.61 Å². The highest BCUT2D eigenvalue weighted by Gasteiger charge is 2.05. The molecule has 0 radical (unpaired) electrons. The molecule has 104 valence electrons. The number of para-hydroxylation sites is 2. The van der Waals surface area contributed by atoms with Gasteiger partial charge in [-0.15, -0.1) is 0 Å². The Morgan fingerprint density at radius 2 is 1.75 bits per heavy atom. The van der Waals surface area contributed by atoms with Gasteiger partial charge in [0.05, 0.1) is 6.61 Å². The molecule has 2 aromatic carbocycles. The van der Waals surface area contributed by atoms with Crippen molar-refractivity contribution in [2.45, 2.75) is 6.61 Å². The Labute approximate surface area is 116 Å². The summed E-state index contributed by atoms with van der Waals surface area (Å²) < 4.78 is 5.16. The maximum absolute atomic E-state index is 11.5. The van der Waals surface area contributed by atoms with Gasteiger partial charge in [-0.1, -0.05) is 42.5 Å². The molecule has 20 heavy (non-hydrogen) atoms. The van der Waals surface area contributed by atoms with Gasteiger partial charge in [-0.2, -0.15) is 0 Å². The summed E-state index contributed by atoms with van der Waals surface area (Å²) >= 11 is 0. The lowest BCUT2D eigenvalue weighted by atomic mass is 10.2. The number of carbonyl (C=O) groups excluding carboxylic acids is 1. The van der Waals surface area contributed by atoms with Crippen LogP contribution in [-0.4, -0.2) is 17.6 Å². The lowest BCUT2D eigenvalue weighted by molar-refractivity contribution is -0.136. The van der Waals surface area contributed by atoms with Crippen molar-refractivity contribution in [1.82, 2.24) is 5.48 Å². The van der Waals surface area contributed by atoms with Crippen LogP contribution in [0.3, 0.4) is 0 Å². The fourth-order valence-electron chi connectivity index (χ4n) is 1.53. The highest BCUT2D eigenvalue weighted by Crippen LogP contribution is 2.23. The van der Waals surface area contributed by atoms with Crippen molar-refractivity contribution >= 4 is 5.91 Å². The topological polar surface area (TPSA) is 67.8 Å². The van der Waals surface area contributed by atoms with E-state index in [1.165, 1.54) is 6.07 Å². The van der Waals surface area contributed by atoms with Crippen molar-refractivity contribution in [1.29, 1.82) is 0 Å². The third-order valence-corrected chi connectivity index (χ3v) is 2.49. The predicted octanol–water partition coefficient (Wildman–Crippen LogP) is 2.02. The number of phenolic OH excluding ortho intramolecular Hbond substituents is 1. The summed E-state index contributed by atoms with van der Waals surface area (Å²) in [6.07, 6.45) is 0. The van der Waals surface area contributed by atoms with Crippen LogP contribution in [0.1, 0.15) is 5.56 Å². The van der Waals surface area contributed by atoms with Gasteiger partial charge < -0.3 is 9.84 Å². The van der Waals surface area contributed by atoms with Gasteiger partial charge in [0.2, 0.25) is 0 Å². The second-order valence-electron chi connectivity index (χ2n) is 4.06. The Hall–Kier alpha value is -2.53. The van der Waals surface area contributed by atoms with Gasteiger partial charge in [-0.05, 0) is 17.7 Å². The summed E-state index contributed by atoms with van der Waals surface area (Å²) in [7, 11) is 0. The third-order valence-electron chi connectivity index (χ3n) is 2.49. The van der Waals surface area contributed by atoms with E-state index < -0.39 is 5.91 Å². The number of hydrogen-bond donors (Lipinski definition) is 2. The molecule has 0 unspecified atom stereocenters. The van der Waals surface area contributed by atoms with Gasteiger partial charge >= 0.3 is 0 Å². The van der Waals surface area contributed by atoms with Crippen molar-refractivity contribution < 1.29 is 19.5 Å². The minimum absolute atomic E-state index is 0.00879. The number of aromatic hydroxyl groups is 1. The Balaban J connectivity index is 1.70. The maximum Gasteiger partial charge on any atom is 0.281 e. The summed E-state index contributed by atoms with van der Waals surface area (Å²) in [6, 6.07) is 15.9. The number of rotatable bonds is 6. The molecule has 0 bridgehead atoms. The summed E-state index contributed by atoms with van der Waals surface area (Å²) in [5.74, 6) is -0.180. The zero-order chi connectivity index (χ0) is 14.2. The number of nitrogens with one attached hydrogen (secondary N) is 1. The quantitative estimate of drug-likeness (QED) is 0.790. The standard InChI is InChI=1S/C15H15NO4/c17-13-8-4-5-9-14(13)19-11-15(18)16-20-10-12-6-2-1-3-7-12/h1-9,17H,10-11H2,(H,16,18). The van der Waals surface area contributed by atoms with E-state index in [4.69, 9.17) is 9.57 Å². The molecule has 0 heterocycles. The first-order chi connectivity index (χ1) is 9.75. The molecule has 0 saturated carbocycles. The molecule has 0 aliphatic carbocycles. The van der Waals surface area contributed by atoms with Gasteiger partial charge in [-0.25, -0.2) is 5.48 Å². The average Bonchev–Trinajstić information content (AvgIpc) is 2.47. The number of carbonyl (C=O) groups is 1. The van der Waals surface area contributed by atoms with E-state index in [-0.39, 0.29) is 24.7 Å². The number of hydroxylamine groups is 1. The first-order valence-electron chi connectivity index (χ1n) is 6.11. The van der Waals surface area contributed by atoms with E-state index in [9.17, 15) is 9.90 Å². The van der Waals surface area contributed by atoms with Crippen molar-refractivity contribution in [3.05, 3.63) is 60.2 Å². The highest BCUT2D eigenvalue weighted by atomic mass is 16.7. The van der Waals surface area contributed by atoms with E-state index in [0.717, 1.165) is 5.56 Å². The number of hydrogen-bond acceptors (Lipinski definition) is 4. The summed E-state index contributed by atoms with van der Waals surface area (Å²) in [5, 5.41) is 9.46. The van der Waals surface area contributed by atoms with Crippen LogP contribution in [0.2, 0.25) is 0 Å². The maximum atomic E-state index is 11.5. The third kappa shape index (κ3) is 4.29. The smallest absolute Gasteiger partial charge is 0.281 e.